The van der Waals surface area contributed by atoms with E-state index in [2.05, 4.69) is 0 Å². The fraction of sp³-hybridized carbons (Fsp3) is 0.320. The molecule has 0 saturated carbocycles. The van der Waals surface area contributed by atoms with Crippen LogP contribution in [0, 0.1) is 12.8 Å². The number of aryl methyl sites for hydroxylation is 1. The lowest BCUT2D eigenvalue weighted by molar-refractivity contribution is -0.149. The van der Waals surface area contributed by atoms with Gasteiger partial charge in [-0.2, -0.15) is 5.10 Å². The number of amides is 1. The van der Waals surface area contributed by atoms with Crippen molar-refractivity contribution in [1.29, 1.82) is 0 Å². The molecule has 6 heteroatoms. The lowest BCUT2D eigenvalue weighted by Gasteiger charge is -2.31. The van der Waals surface area contributed by atoms with Crippen LogP contribution in [0.3, 0.4) is 0 Å². The van der Waals surface area contributed by atoms with Crippen molar-refractivity contribution in [2.24, 2.45) is 5.92 Å². The number of carbonyl (C=O) groups excluding carboxylic acids is 2. The minimum atomic E-state index is -0.276. The molecule has 1 unspecified atom stereocenters. The van der Waals surface area contributed by atoms with Gasteiger partial charge in [0.15, 0.2) is 0 Å². The van der Waals surface area contributed by atoms with Crippen LogP contribution in [0.5, 0.6) is 0 Å². The normalized spacial score (nSPS) is 16.2. The van der Waals surface area contributed by atoms with Crippen molar-refractivity contribution in [2.45, 2.75) is 26.7 Å². The number of likely N-dealkylation sites (tertiary alicyclic amines) is 1. The highest BCUT2D eigenvalue weighted by Gasteiger charge is 2.33. The fourth-order valence-electron chi connectivity index (χ4n) is 4.17. The summed E-state index contributed by atoms with van der Waals surface area (Å²) >= 11 is 0. The van der Waals surface area contributed by atoms with Crippen LogP contribution in [0.15, 0.2) is 60.7 Å². The molecule has 4 rings (SSSR count). The molecule has 0 spiro atoms. The van der Waals surface area contributed by atoms with Gasteiger partial charge in [0, 0.05) is 18.7 Å². The van der Waals surface area contributed by atoms with Crippen molar-refractivity contribution < 1.29 is 14.3 Å². The molecule has 1 aliphatic rings. The SMILES string of the molecule is CCOC(=O)C1CCCN(C(=O)c2c(C)nn(-c3ccccc3)c2-c2ccccc2)C1. The zero-order chi connectivity index (χ0) is 21.8. The molecule has 1 atom stereocenters. The smallest absolute Gasteiger partial charge is 0.310 e. The Morgan fingerprint density at radius 3 is 2.42 bits per heavy atom. The molecule has 0 bridgehead atoms. The molecule has 3 aromatic rings. The molecule has 2 heterocycles. The van der Waals surface area contributed by atoms with Crippen LogP contribution in [0.1, 0.15) is 35.8 Å². The summed E-state index contributed by atoms with van der Waals surface area (Å²) in [7, 11) is 0. The van der Waals surface area contributed by atoms with Gasteiger partial charge in [0.05, 0.1) is 35.2 Å². The third kappa shape index (κ3) is 4.24. The minimum Gasteiger partial charge on any atom is -0.466 e. The molecule has 31 heavy (non-hydrogen) atoms. The van der Waals surface area contributed by atoms with E-state index in [-0.39, 0.29) is 17.8 Å². The Morgan fingerprint density at radius 2 is 1.74 bits per heavy atom. The third-order valence-electron chi connectivity index (χ3n) is 5.65. The van der Waals surface area contributed by atoms with Crippen molar-refractivity contribution in [1.82, 2.24) is 14.7 Å². The standard InChI is InChI=1S/C25H27N3O3/c1-3-31-25(30)20-13-10-16-27(17-20)24(29)22-18(2)26-28(21-14-8-5-9-15-21)23(22)19-11-6-4-7-12-19/h4-9,11-12,14-15,20H,3,10,13,16-17H2,1-2H3. The van der Waals surface area contributed by atoms with Crippen molar-refractivity contribution in [3.63, 3.8) is 0 Å². The highest BCUT2D eigenvalue weighted by atomic mass is 16.5. The lowest BCUT2D eigenvalue weighted by atomic mass is 9.96. The van der Waals surface area contributed by atoms with Crippen LogP contribution >= 0.6 is 0 Å². The topological polar surface area (TPSA) is 64.4 Å². The van der Waals surface area contributed by atoms with Crippen molar-refractivity contribution in [2.75, 3.05) is 19.7 Å². The highest BCUT2D eigenvalue weighted by molar-refractivity contribution is 6.01. The number of hydrogen-bond acceptors (Lipinski definition) is 4. The van der Waals surface area contributed by atoms with Gasteiger partial charge in [0.25, 0.3) is 5.91 Å². The summed E-state index contributed by atoms with van der Waals surface area (Å²) in [6, 6.07) is 19.7. The van der Waals surface area contributed by atoms with Gasteiger partial charge < -0.3 is 9.64 Å². The summed E-state index contributed by atoms with van der Waals surface area (Å²) in [6.07, 6.45) is 1.53. The first-order chi connectivity index (χ1) is 15.1. The Kier molecular flexibility index (Phi) is 6.16. The maximum absolute atomic E-state index is 13.7. The van der Waals surface area contributed by atoms with Crippen LogP contribution in [0.2, 0.25) is 0 Å². The predicted octanol–water partition coefficient (Wildman–Crippen LogP) is 4.26. The predicted molar refractivity (Wildman–Crippen MR) is 119 cm³/mol. The molecule has 2 aromatic carbocycles. The molecule has 1 fully saturated rings. The van der Waals surface area contributed by atoms with E-state index < -0.39 is 0 Å². The van der Waals surface area contributed by atoms with Gasteiger partial charge in [-0.1, -0.05) is 48.5 Å². The number of benzene rings is 2. The van der Waals surface area contributed by atoms with E-state index in [0.717, 1.165) is 29.8 Å². The maximum Gasteiger partial charge on any atom is 0.310 e. The van der Waals surface area contributed by atoms with Crippen LogP contribution < -0.4 is 0 Å². The molecule has 1 amide bonds. The number of rotatable bonds is 5. The Bertz CT molecular complexity index is 1060. The number of nitrogens with zero attached hydrogens (tertiary/aromatic N) is 3. The first-order valence-electron chi connectivity index (χ1n) is 10.8. The molecule has 1 saturated heterocycles. The fourth-order valence-corrected chi connectivity index (χ4v) is 4.17. The zero-order valence-corrected chi connectivity index (χ0v) is 18.0. The van der Waals surface area contributed by atoms with E-state index in [1.54, 1.807) is 11.8 Å². The second kappa shape index (κ2) is 9.16. The van der Waals surface area contributed by atoms with Gasteiger partial charge in [-0.25, -0.2) is 4.68 Å². The summed E-state index contributed by atoms with van der Waals surface area (Å²) in [5, 5.41) is 4.73. The molecule has 0 aliphatic carbocycles. The average molecular weight is 418 g/mol. The van der Waals surface area contributed by atoms with Crippen LogP contribution in [0.4, 0.5) is 0 Å². The van der Waals surface area contributed by atoms with Crippen molar-refractivity contribution in [3.05, 3.63) is 71.9 Å². The Hall–Kier alpha value is -3.41. The van der Waals surface area contributed by atoms with Crippen molar-refractivity contribution >= 4 is 11.9 Å². The first kappa shape index (κ1) is 20.8. The maximum atomic E-state index is 13.7. The molecule has 6 nitrogen and oxygen atoms in total. The van der Waals surface area contributed by atoms with Gasteiger partial charge >= 0.3 is 5.97 Å². The minimum absolute atomic E-state index is 0.0902. The monoisotopic (exact) mass is 417 g/mol. The highest BCUT2D eigenvalue weighted by Crippen LogP contribution is 2.31. The average Bonchev–Trinajstić information content (AvgIpc) is 3.17. The zero-order valence-electron chi connectivity index (χ0n) is 18.0. The van der Waals surface area contributed by atoms with Gasteiger partial charge in [0.1, 0.15) is 0 Å². The van der Waals surface area contributed by atoms with Gasteiger partial charge in [0.2, 0.25) is 0 Å². The molecule has 0 N–H and O–H groups in total. The van der Waals surface area contributed by atoms with E-state index in [9.17, 15) is 9.59 Å². The van der Waals surface area contributed by atoms with E-state index in [0.29, 0.717) is 31.0 Å². The summed E-state index contributed by atoms with van der Waals surface area (Å²) in [5.41, 5.74) is 3.85. The van der Waals surface area contributed by atoms with E-state index in [1.165, 1.54) is 0 Å². The molecular formula is C25H27N3O3. The molecule has 160 valence electrons. The quantitative estimate of drug-likeness (QED) is 0.582. The molecule has 0 radical (unpaired) electrons. The van der Waals surface area contributed by atoms with E-state index in [1.807, 2.05) is 72.3 Å². The van der Waals surface area contributed by atoms with Crippen molar-refractivity contribution in [3.8, 4) is 16.9 Å². The Morgan fingerprint density at radius 1 is 1.06 bits per heavy atom. The van der Waals surface area contributed by atoms with Crippen LogP contribution in [-0.4, -0.2) is 46.3 Å². The number of ether oxygens (including phenoxy) is 1. The Labute approximate surface area is 182 Å². The molecular weight excluding hydrogens is 390 g/mol. The third-order valence-corrected chi connectivity index (χ3v) is 5.65. The van der Waals surface area contributed by atoms with Gasteiger partial charge in [-0.05, 0) is 38.8 Å². The summed E-state index contributed by atoms with van der Waals surface area (Å²) in [4.78, 5) is 27.8. The van der Waals surface area contributed by atoms with Crippen LogP contribution in [0.25, 0.3) is 16.9 Å². The number of hydrogen-bond donors (Lipinski definition) is 0. The summed E-state index contributed by atoms with van der Waals surface area (Å²) in [6.45, 7) is 5.02. The number of aromatic nitrogens is 2. The summed E-state index contributed by atoms with van der Waals surface area (Å²) < 4.78 is 7.04. The Balaban J connectivity index is 1.75. The van der Waals surface area contributed by atoms with E-state index in [4.69, 9.17) is 9.84 Å². The second-order valence-corrected chi connectivity index (χ2v) is 7.76. The first-order valence-corrected chi connectivity index (χ1v) is 10.8. The van der Waals surface area contributed by atoms with E-state index >= 15 is 0 Å². The number of carbonyl (C=O) groups is 2. The number of piperidine rings is 1. The molecule has 1 aromatic heterocycles. The second-order valence-electron chi connectivity index (χ2n) is 7.76. The number of para-hydroxylation sites is 1. The van der Waals surface area contributed by atoms with Gasteiger partial charge in [-0.3, -0.25) is 9.59 Å². The number of esters is 1. The lowest BCUT2D eigenvalue weighted by Crippen LogP contribution is -2.43. The largest absolute Gasteiger partial charge is 0.466 e. The summed E-state index contributed by atoms with van der Waals surface area (Å²) in [5.74, 6) is -0.588. The van der Waals surface area contributed by atoms with Gasteiger partial charge in [-0.15, -0.1) is 0 Å². The van der Waals surface area contributed by atoms with Crippen LogP contribution in [-0.2, 0) is 9.53 Å². The molecule has 1 aliphatic heterocycles.